The molecule has 0 aliphatic heterocycles. The van der Waals surface area contributed by atoms with E-state index in [2.05, 4.69) is 74.8 Å². The van der Waals surface area contributed by atoms with Gasteiger partial charge in [-0.15, -0.1) is 0 Å². The van der Waals surface area contributed by atoms with Crippen molar-refractivity contribution in [3.05, 3.63) is 28.8 Å². The van der Waals surface area contributed by atoms with Crippen molar-refractivity contribution in [1.29, 1.82) is 0 Å². The van der Waals surface area contributed by atoms with Gasteiger partial charge in [0.2, 0.25) is 0 Å². The second-order valence-electron chi connectivity index (χ2n) is 8.99. The Hall–Kier alpha value is -1.02. The predicted octanol–water partition coefficient (Wildman–Crippen LogP) is 4.19. The zero-order valence-corrected chi connectivity index (χ0v) is 14.8. The second kappa shape index (κ2) is 5.07. The van der Waals surface area contributed by atoms with Crippen molar-refractivity contribution in [1.82, 2.24) is 0 Å². The van der Waals surface area contributed by atoms with Crippen LogP contribution in [0.25, 0.3) is 0 Å². The van der Waals surface area contributed by atoms with Gasteiger partial charge in [0.25, 0.3) is 0 Å². The highest BCUT2D eigenvalue weighted by Gasteiger charge is 2.27. The predicted molar refractivity (Wildman–Crippen MR) is 87.2 cm³/mol. The molecule has 1 aromatic carbocycles. The number of hydrogen-bond donors (Lipinski definition) is 1. The second-order valence-corrected chi connectivity index (χ2v) is 8.99. The molecule has 0 heterocycles. The van der Waals surface area contributed by atoms with E-state index < -0.39 is 0 Å². The zero-order valence-electron chi connectivity index (χ0n) is 14.8. The molecule has 0 unspecified atom stereocenters. The Kier molecular flexibility index (Phi) is 4.32. The van der Waals surface area contributed by atoms with E-state index in [9.17, 15) is 5.11 Å². The highest BCUT2D eigenvalue weighted by atomic mass is 16.3. The van der Waals surface area contributed by atoms with Crippen LogP contribution in [0.5, 0.6) is 5.75 Å². The van der Waals surface area contributed by atoms with Crippen molar-refractivity contribution in [2.24, 2.45) is 0 Å². The van der Waals surface area contributed by atoms with Crippen LogP contribution in [0.1, 0.15) is 58.2 Å². The molecule has 0 aromatic heterocycles. The third kappa shape index (κ3) is 4.24. The van der Waals surface area contributed by atoms with E-state index in [-0.39, 0.29) is 10.8 Å². The van der Waals surface area contributed by atoms with Crippen LogP contribution >= 0.6 is 0 Å². The quantitative estimate of drug-likeness (QED) is 0.804. The van der Waals surface area contributed by atoms with Gasteiger partial charge in [-0.3, -0.25) is 0 Å². The van der Waals surface area contributed by atoms with Gasteiger partial charge in [-0.1, -0.05) is 41.5 Å². The molecular formula is C18H32NO+. The Morgan fingerprint density at radius 3 is 1.45 bits per heavy atom. The van der Waals surface area contributed by atoms with Crippen molar-refractivity contribution in [2.45, 2.75) is 58.9 Å². The van der Waals surface area contributed by atoms with E-state index in [1.54, 1.807) is 0 Å². The van der Waals surface area contributed by atoms with Gasteiger partial charge in [0.15, 0.2) is 0 Å². The van der Waals surface area contributed by atoms with Crippen molar-refractivity contribution < 1.29 is 9.59 Å². The van der Waals surface area contributed by atoms with Crippen LogP contribution in [0.3, 0.4) is 0 Å². The van der Waals surface area contributed by atoms with Crippen molar-refractivity contribution in [3.63, 3.8) is 0 Å². The van der Waals surface area contributed by atoms with Crippen LogP contribution in [0.15, 0.2) is 12.1 Å². The maximum absolute atomic E-state index is 10.7. The first kappa shape index (κ1) is 17.0. The summed E-state index contributed by atoms with van der Waals surface area (Å²) >= 11 is 0. The SMILES string of the molecule is CC(C)(C)c1cc(C[N+](C)(C)C)cc(C(C)(C)C)c1O. The van der Waals surface area contributed by atoms with Gasteiger partial charge in [-0.2, -0.15) is 0 Å². The Bertz CT molecular complexity index is 447. The molecule has 0 spiro atoms. The first-order valence-electron chi connectivity index (χ1n) is 7.39. The first-order valence-corrected chi connectivity index (χ1v) is 7.39. The monoisotopic (exact) mass is 278 g/mol. The molecule has 0 bridgehead atoms. The lowest BCUT2D eigenvalue weighted by molar-refractivity contribution is -0.884. The molecule has 0 amide bonds. The van der Waals surface area contributed by atoms with E-state index >= 15 is 0 Å². The van der Waals surface area contributed by atoms with Crippen LogP contribution < -0.4 is 0 Å². The Morgan fingerprint density at radius 2 is 1.20 bits per heavy atom. The first-order chi connectivity index (χ1) is 8.72. The molecule has 0 atom stereocenters. The summed E-state index contributed by atoms with van der Waals surface area (Å²) in [4.78, 5) is 0. The summed E-state index contributed by atoms with van der Waals surface area (Å²) in [7, 11) is 6.58. The van der Waals surface area contributed by atoms with Gasteiger partial charge in [0.05, 0.1) is 21.1 Å². The summed E-state index contributed by atoms with van der Waals surface area (Å²) in [5, 5.41) is 10.7. The number of phenolic OH excluding ortho intramolecular Hbond substituents is 1. The minimum Gasteiger partial charge on any atom is -0.507 e. The van der Waals surface area contributed by atoms with E-state index in [1.165, 1.54) is 5.56 Å². The zero-order chi connectivity index (χ0) is 15.9. The maximum atomic E-state index is 10.7. The summed E-state index contributed by atoms with van der Waals surface area (Å²) in [5.41, 5.74) is 3.29. The van der Waals surface area contributed by atoms with Gasteiger partial charge in [-0.05, 0) is 23.0 Å². The average molecular weight is 278 g/mol. The molecule has 2 heteroatoms. The summed E-state index contributed by atoms with van der Waals surface area (Å²) < 4.78 is 0.887. The molecule has 2 nitrogen and oxygen atoms in total. The Balaban J connectivity index is 3.51. The number of aromatic hydroxyl groups is 1. The lowest BCUT2D eigenvalue weighted by Crippen LogP contribution is -2.33. The topological polar surface area (TPSA) is 20.2 Å². The van der Waals surface area contributed by atoms with Crippen LogP contribution in [0.2, 0.25) is 0 Å². The number of phenols is 1. The summed E-state index contributed by atoms with van der Waals surface area (Å²) in [6, 6.07) is 4.35. The molecular weight excluding hydrogens is 246 g/mol. The highest BCUT2D eigenvalue weighted by Crippen LogP contribution is 2.40. The summed E-state index contributed by atoms with van der Waals surface area (Å²) in [6.45, 7) is 13.9. The smallest absolute Gasteiger partial charge is 0.123 e. The normalized spacial score (nSPS) is 13.7. The standard InChI is InChI=1S/C18H31NO/c1-17(2,3)14-10-13(12-19(7,8)9)11-15(16(14)20)18(4,5)6/h10-11H,12H2,1-9H3/p+1. The van der Waals surface area contributed by atoms with Crippen molar-refractivity contribution in [3.8, 4) is 5.75 Å². The minimum atomic E-state index is -0.0506. The van der Waals surface area contributed by atoms with Crippen LogP contribution in [0.4, 0.5) is 0 Å². The summed E-state index contributed by atoms with van der Waals surface area (Å²) in [6.07, 6.45) is 0. The molecule has 0 aliphatic carbocycles. The summed E-state index contributed by atoms with van der Waals surface area (Å²) in [5.74, 6) is 0.468. The van der Waals surface area contributed by atoms with Gasteiger partial charge < -0.3 is 9.59 Å². The number of nitrogens with zero attached hydrogens (tertiary/aromatic N) is 1. The number of quaternary nitrogens is 1. The number of benzene rings is 1. The lowest BCUT2D eigenvalue weighted by Gasteiger charge is -2.30. The minimum absolute atomic E-state index is 0.0506. The number of rotatable bonds is 2. The highest BCUT2D eigenvalue weighted by molar-refractivity contribution is 5.49. The molecule has 20 heavy (non-hydrogen) atoms. The van der Waals surface area contributed by atoms with E-state index in [0.717, 1.165) is 22.2 Å². The van der Waals surface area contributed by atoms with Gasteiger partial charge >= 0.3 is 0 Å². The fourth-order valence-corrected chi connectivity index (χ4v) is 2.48. The molecule has 0 aliphatic rings. The average Bonchev–Trinajstić information content (AvgIpc) is 2.14. The molecule has 1 aromatic rings. The van der Waals surface area contributed by atoms with E-state index in [4.69, 9.17) is 0 Å². The molecule has 0 saturated heterocycles. The fraction of sp³-hybridized carbons (Fsp3) is 0.667. The van der Waals surface area contributed by atoms with E-state index in [1.807, 2.05) is 0 Å². The fourth-order valence-electron chi connectivity index (χ4n) is 2.48. The van der Waals surface area contributed by atoms with Crippen LogP contribution in [-0.2, 0) is 17.4 Å². The molecule has 0 fully saturated rings. The molecule has 0 radical (unpaired) electrons. The van der Waals surface area contributed by atoms with Crippen molar-refractivity contribution >= 4 is 0 Å². The van der Waals surface area contributed by atoms with Gasteiger partial charge in [0.1, 0.15) is 12.3 Å². The molecule has 0 saturated carbocycles. The third-order valence-corrected chi connectivity index (χ3v) is 3.44. The molecule has 1 rings (SSSR count). The lowest BCUT2D eigenvalue weighted by atomic mass is 9.78. The Labute approximate surface area is 125 Å². The van der Waals surface area contributed by atoms with Gasteiger partial charge in [-0.25, -0.2) is 0 Å². The van der Waals surface area contributed by atoms with Crippen molar-refractivity contribution in [2.75, 3.05) is 21.1 Å². The van der Waals surface area contributed by atoms with E-state index in [0.29, 0.717) is 5.75 Å². The number of hydrogen-bond acceptors (Lipinski definition) is 1. The molecule has 114 valence electrons. The third-order valence-electron chi connectivity index (χ3n) is 3.44. The van der Waals surface area contributed by atoms with Crippen LogP contribution in [-0.4, -0.2) is 30.7 Å². The largest absolute Gasteiger partial charge is 0.507 e. The molecule has 1 N–H and O–H groups in total. The van der Waals surface area contributed by atoms with Gasteiger partial charge in [0, 0.05) is 16.7 Å². The maximum Gasteiger partial charge on any atom is 0.123 e. The van der Waals surface area contributed by atoms with Crippen LogP contribution in [0, 0.1) is 0 Å². The Morgan fingerprint density at radius 1 is 0.850 bits per heavy atom.